The summed E-state index contributed by atoms with van der Waals surface area (Å²) in [5.74, 6) is 0.888. The van der Waals surface area contributed by atoms with Crippen molar-refractivity contribution in [1.29, 1.82) is 5.26 Å². The first-order chi connectivity index (χ1) is 12.6. The van der Waals surface area contributed by atoms with Gasteiger partial charge in [0.1, 0.15) is 11.9 Å². The normalized spacial score (nSPS) is 25.6. The lowest BCUT2D eigenvalue weighted by atomic mass is 10.0. The molecule has 1 unspecified atom stereocenters. The fourth-order valence-electron chi connectivity index (χ4n) is 3.95. The SMILES string of the molecule is CC1[C@@H]2C[C@H](Oc3cccc(C#N)c3)CN2CCN1c1ncc(F)cn1. The van der Waals surface area contributed by atoms with Crippen LogP contribution < -0.4 is 9.64 Å². The molecule has 134 valence electrons. The van der Waals surface area contributed by atoms with Crippen LogP contribution in [0.1, 0.15) is 18.9 Å². The number of aromatic nitrogens is 2. The molecule has 2 aromatic rings. The minimum Gasteiger partial charge on any atom is -0.489 e. The zero-order chi connectivity index (χ0) is 18.1. The second kappa shape index (κ2) is 6.89. The Morgan fingerprint density at radius 1 is 1.27 bits per heavy atom. The van der Waals surface area contributed by atoms with Crippen molar-refractivity contribution < 1.29 is 9.13 Å². The molecule has 3 atom stereocenters. The lowest BCUT2D eigenvalue weighted by Gasteiger charge is -2.42. The van der Waals surface area contributed by atoms with Gasteiger partial charge in [0.25, 0.3) is 0 Å². The summed E-state index contributed by atoms with van der Waals surface area (Å²) in [5, 5.41) is 9.03. The molecule has 0 bridgehead atoms. The summed E-state index contributed by atoms with van der Waals surface area (Å²) < 4.78 is 19.2. The van der Waals surface area contributed by atoms with Crippen molar-refractivity contribution in [3.8, 4) is 11.8 Å². The largest absolute Gasteiger partial charge is 0.489 e. The molecule has 4 rings (SSSR count). The van der Waals surface area contributed by atoms with E-state index in [1.54, 1.807) is 12.1 Å². The molecule has 0 N–H and O–H groups in total. The Labute approximate surface area is 151 Å². The zero-order valence-corrected chi connectivity index (χ0v) is 14.5. The lowest BCUT2D eigenvalue weighted by Crippen LogP contribution is -2.56. The quantitative estimate of drug-likeness (QED) is 0.843. The van der Waals surface area contributed by atoms with Crippen molar-refractivity contribution >= 4 is 5.95 Å². The highest BCUT2D eigenvalue weighted by Gasteiger charge is 2.42. The number of hydrogen-bond acceptors (Lipinski definition) is 6. The van der Waals surface area contributed by atoms with Crippen LogP contribution in [0, 0.1) is 17.1 Å². The van der Waals surface area contributed by atoms with Gasteiger partial charge in [-0.05, 0) is 25.1 Å². The molecule has 1 aromatic heterocycles. The number of nitrogens with zero attached hydrogens (tertiary/aromatic N) is 5. The molecule has 2 aliphatic heterocycles. The van der Waals surface area contributed by atoms with Crippen LogP contribution in [0.15, 0.2) is 36.7 Å². The summed E-state index contributed by atoms with van der Waals surface area (Å²) in [6, 6.07) is 9.97. The fraction of sp³-hybridized carbons (Fsp3) is 0.421. The van der Waals surface area contributed by atoms with Gasteiger partial charge in [-0.2, -0.15) is 5.26 Å². The second-order valence-electron chi connectivity index (χ2n) is 6.81. The van der Waals surface area contributed by atoms with E-state index in [4.69, 9.17) is 10.00 Å². The smallest absolute Gasteiger partial charge is 0.225 e. The van der Waals surface area contributed by atoms with Gasteiger partial charge in [-0.1, -0.05) is 6.07 Å². The van der Waals surface area contributed by atoms with Crippen LogP contribution in [0.5, 0.6) is 5.75 Å². The van der Waals surface area contributed by atoms with Crippen molar-refractivity contribution in [1.82, 2.24) is 14.9 Å². The minimum absolute atomic E-state index is 0.0884. The van der Waals surface area contributed by atoms with Gasteiger partial charge in [0.2, 0.25) is 5.95 Å². The number of fused-ring (bicyclic) bond motifs is 1. The van der Waals surface area contributed by atoms with E-state index in [0.29, 0.717) is 17.6 Å². The third-order valence-electron chi connectivity index (χ3n) is 5.22. The van der Waals surface area contributed by atoms with E-state index in [0.717, 1.165) is 31.8 Å². The Hall–Kier alpha value is -2.72. The maximum atomic E-state index is 13.1. The van der Waals surface area contributed by atoms with E-state index in [2.05, 4.69) is 32.8 Å². The lowest BCUT2D eigenvalue weighted by molar-refractivity contribution is 0.179. The molecule has 26 heavy (non-hydrogen) atoms. The average Bonchev–Trinajstić information content (AvgIpc) is 3.07. The number of halogens is 1. The van der Waals surface area contributed by atoms with Crippen molar-refractivity contribution in [2.75, 3.05) is 24.5 Å². The molecule has 6 nitrogen and oxygen atoms in total. The van der Waals surface area contributed by atoms with E-state index < -0.39 is 5.82 Å². The molecule has 0 spiro atoms. The van der Waals surface area contributed by atoms with E-state index in [9.17, 15) is 4.39 Å². The molecular formula is C19H20FN5O. The first-order valence-electron chi connectivity index (χ1n) is 8.79. The van der Waals surface area contributed by atoms with Gasteiger partial charge < -0.3 is 9.64 Å². The van der Waals surface area contributed by atoms with Gasteiger partial charge >= 0.3 is 0 Å². The van der Waals surface area contributed by atoms with E-state index in [-0.39, 0.29) is 12.1 Å². The standard InChI is InChI=1S/C19H20FN5O/c1-13-18-8-17(26-16-4-2-3-14(7-16)9-21)12-24(18)5-6-25(13)19-22-10-15(20)11-23-19/h2-4,7,10-11,13,17-18H,5-6,8,12H2,1H3/t13?,17-,18-/m0/s1. The Morgan fingerprint density at radius 2 is 2.08 bits per heavy atom. The molecule has 1 aromatic carbocycles. The second-order valence-corrected chi connectivity index (χ2v) is 6.81. The van der Waals surface area contributed by atoms with Crippen LogP contribution in [0.3, 0.4) is 0 Å². The minimum atomic E-state index is -0.422. The monoisotopic (exact) mass is 353 g/mol. The molecule has 0 saturated carbocycles. The van der Waals surface area contributed by atoms with Gasteiger partial charge in [-0.15, -0.1) is 0 Å². The van der Waals surface area contributed by atoms with Gasteiger partial charge in [0.05, 0.1) is 24.0 Å². The summed E-state index contributed by atoms with van der Waals surface area (Å²) in [6.07, 6.45) is 3.41. The van der Waals surface area contributed by atoms with Crippen molar-refractivity contribution in [2.45, 2.75) is 31.5 Å². The summed E-state index contributed by atoms with van der Waals surface area (Å²) >= 11 is 0. The van der Waals surface area contributed by atoms with Crippen LogP contribution in [0.4, 0.5) is 10.3 Å². The van der Waals surface area contributed by atoms with Gasteiger partial charge in [-0.25, -0.2) is 14.4 Å². The third-order valence-corrected chi connectivity index (χ3v) is 5.22. The molecule has 0 aliphatic carbocycles. The van der Waals surface area contributed by atoms with Crippen LogP contribution in [0.2, 0.25) is 0 Å². The van der Waals surface area contributed by atoms with Gasteiger partial charge in [0, 0.05) is 38.1 Å². The maximum Gasteiger partial charge on any atom is 0.225 e. The molecule has 2 aliphatic rings. The summed E-state index contributed by atoms with van der Waals surface area (Å²) in [6.45, 7) is 4.72. The Bertz CT molecular complexity index is 821. The molecular weight excluding hydrogens is 333 g/mol. The number of ether oxygens (including phenoxy) is 1. The van der Waals surface area contributed by atoms with Crippen molar-refractivity contribution in [3.63, 3.8) is 0 Å². The zero-order valence-electron chi connectivity index (χ0n) is 14.5. The number of nitriles is 1. The van der Waals surface area contributed by atoms with Crippen molar-refractivity contribution in [3.05, 3.63) is 48.0 Å². The molecule has 2 fully saturated rings. The number of anilines is 1. The first kappa shape index (κ1) is 16.7. The first-order valence-corrected chi connectivity index (χ1v) is 8.79. The average molecular weight is 353 g/mol. The van der Waals surface area contributed by atoms with E-state index in [1.165, 1.54) is 12.4 Å². The van der Waals surface area contributed by atoms with Crippen molar-refractivity contribution in [2.24, 2.45) is 0 Å². The van der Waals surface area contributed by atoms with Crippen LogP contribution >= 0.6 is 0 Å². The highest BCUT2D eigenvalue weighted by atomic mass is 19.1. The Morgan fingerprint density at radius 3 is 2.85 bits per heavy atom. The number of benzene rings is 1. The van der Waals surface area contributed by atoms with Crippen LogP contribution in [-0.4, -0.2) is 52.7 Å². The highest BCUT2D eigenvalue weighted by Crippen LogP contribution is 2.31. The number of piperazine rings is 1. The summed E-state index contributed by atoms with van der Waals surface area (Å²) in [4.78, 5) is 12.8. The summed E-state index contributed by atoms with van der Waals surface area (Å²) in [5.41, 5.74) is 0.603. The van der Waals surface area contributed by atoms with Crippen LogP contribution in [-0.2, 0) is 0 Å². The topological polar surface area (TPSA) is 65.3 Å². The number of hydrogen-bond donors (Lipinski definition) is 0. The third kappa shape index (κ3) is 3.20. The van der Waals surface area contributed by atoms with E-state index >= 15 is 0 Å². The Balaban J connectivity index is 1.45. The predicted molar refractivity (Wildman–Crippen MR) is 94.3 cm³/mol. The maximum absolute atomic E-state index is 13.1. The highest BCUT2D eigenvalue weighted by molar-refractivity contribution is 5.37. The van der Waals surface area contributed by atoms with Gasteiger partial charge in [0.15, 0.2) is 5.82 Å². The molecule has 2 saturated heterocycles. The molecule has 7 heteroatoms. The molecule has 3 heterocycles. The summed E-state index contributed by atoms with van der Waals surface area (Å²) in [7, 11) is 0. The molecule has 0 amide bonds. The Kier molecular flexibility index (Phi) is 4.43. The number of rotatable bonds is 3. The van der Waals surface area contributed by atoms with E-state index in [1.807, 2.05) is 12.1 Å². The predicted octanol–water partition coefficient (Wildman–Crippen LogP) is 2.22. The fourth-order valence-corrected chi connectivity index (χ4v) is 3.95. The van der Waals surface area contributed by atoms with Crippen LogP contribution in [0.25, 0.3) is 0 Å². The van der Waals surface area contributed by atoms with Gasteiger partial charge in [-0.3, -0.25) is 4.90 Å². The molecule has 0 radical (unpaired) electrons.